The van der Waals surface area contributed by atoms with Gasteiger partial charge in [-0.15, -0.1) is 0 Å². The number of hydrogen-bond donors (Lipinski definition) is 2. The van der Waals surface area contributed by atoms with Crippen molar-refractivity contribution in [2.45, 2.75) is 6.54 Å². The molecule has 0 saturated carbocycles. The van der Waals surface area contributed by atoms with Crippen molar-refractivity contribution in [2.24, 2.45) is 12.8 Å². The van der Waals surface area contributed by atoms with Gasteiger partial charge in [-0.1, -0.05) is 0 Å². The number of rotatable bonds is 4. The van der Waals surface area contributed by atoms with Crippen LogP contribution in [0.5, 0.6) is 0 Å². The number of anilines is 1. The van der Waals surface area contributed by atoms with Gasteiger partial charge in [-0.05, 0) is 24.3 Å². The Morgan fingerprint density at radius 1 is 1.30 bits per heavy atom. The first kappa shape index (κ1) is 17.0. The monoisotopic (exact) mass is 363 g/mol. The minimum Gasteiger partial charge on any atom is -0.371 e. The standard InChI is InChI=1S/C19H18FN7/c1-23-18-16-17(26(2)10-24-16)14-8-15(27(4-3-21)19(14)25-18)12-5-11(9-22)6-13(20)7-12/h5-8,10H,3-4,21H2,1-2H3,(H,23,25). The van der Waals surface area contributed by atoms with E-state index in [9.17, 15) is 9.65 Å². The lowest BCUT2D eigenvalue weighted by Crippen LogP contribution is -2.11. The molecule has 27 heavy (non-hydrogen) atoms. The number of nitriles is 1. The Bertz CT molecular complexity index is 1210. The van der Waals surface area contributed by atoms with Crippen LogP contribution in [0.2, 0.25) is 0 Å². The first-order valence-corrected chi connectivity index (χ1v) is 8.50. The highest BCUT2D eigenvalue weighted by Crippen LogP contribution is 2.34. The number of halogens is 1. The smallest absolute Gasteiger partial charge is 0.156 e. The number of nitrogens with one attached hydrogen (secondary N) is 1. The fourth-order valence-corrected chi connectivity index (χ4v) is 3.48. The zero-order valence-corrected chi connectivity index (χ0v) is 15.0. The first-order valence-electron chi connectivity index (χ1n) is 8.50. The highest BCUT2D eigenvalue weighted by atomic mass is 19.1. The normalized spacial score (nSPS) is 11.2. The number of aromatic nitrogens is 4. The highest BCUT2D eigenvalue weighted by molar-refractivity contribution is 6.07. The average Bonchev–Trinajstić information content (AvgIpc) is 3.22. The molecular weight excluding hydrogens is 345 g/mol. The van der Waals surface area contributed by atoms with Crippen molar-refractivity contribution in [3.05, 3.63) is 42.0 Å². The number of imidazole rings is 1. The SMILES string of the molecule is CNc1nc2c(cc(-c3cc(F)cc(C#N)c3)n2CCN)c2c1ncn2C. The van der Waals surface area contributed by atoms with Crippen LogP contribution >= 0.6 is 0 Å². The maximum absolute atomic E-state index is 14.0. The second-order valence-electron chi connectivity index (χ2n) is 6.31. The predicted octanol–water partition coefficient (Wildman–Crippen LogP) is 2.60. The van der Waals surface area contributed by atoms with E-state index in [0.717, 1.165) is 27.8 Å². The number of aryl methyl sites for hydroxylation is 1. The zero-order chi connectivity index (χ0) is 19.1. The van der Waals surface area contributed by atoms with Crippen LogP contribution in [-0.4, -0.2) is 32.7 Å². The summed E-state index contributed by atoms with van der Waals surface area (Å²) in [5, 5.41) is 13.2. The van der Waals surface area contributed by atoms with Crippen LogP contribution in [0.15, 0.2) is 30.6 Å². The van der Waals surface area contributed by atoms with Gasteiger partial charge < -0.3 is 20.2 Å². The largest absolute Gasteiger partial charge is 0.371 e. The van der Waals surface area contributed by atoms with Crippen LogP contribution in [0.4, 0.5) is 10.2 Å². The third-order valence-electron chi connectivity index (χ3n) is 4.61. The predicted molar refractivity (Wildman–Crippen MR) is 103 cm³/mol. The third kappa shape index (κ3) is 2.60. The van der Waals surface area contributed by atoms with E-state index in [0.29, 0.717) is 24.5 Å². The second kappa shape index (κ2) is 6.37. The van der Waals surface area contributed by atoms with Gasteiger partial charge in [-0.3, -0.25) is 0 Å². The van der Waals surface area contributed by atoms with Gasteiger partial charge in [0.15, 0.2) is 5.82 Å². The number of nitrogens with zero attached hydrogens (tertiary/aromatic N) is 5. The molecule has 0 aliphatic carbocycles. The number of nitrogens with two attached hydrogens (primary N) is 1. The summed E-state index contributed by atoms with van der Waals surface area (Å²) in [5.74, 6) is 0.209. The van der Waals surface area contributed by atoms with E-state index in [4.69, 9.17) is 10.7 Å². The average molecular weight is 363 g/mol. The van der Waals surface area contributed by atoms with E-state index in [-0.39, 0.29) is 5.56 Å². The summed E-state index contributed by atoms with van der Waals surface area (Å²) in [4.78, 5) is 9.17. The molecule has 0 spiro atoms. The van der Waals surface area contributed by atoms with Gasteiger partial charge in [0.05, 0.1) is 29.2 Å². The van der Waals surface area contributed by atoms with Crippen LogP contribution in [0.3, 0.4) is 0 Å². The molecule has 0 atom stereocenters. The fraction of sp³-hybridized carbons (Fsp3) is 0.211. The minimum absolute atomic E-state index is 0.268. The minimum atomic E-state index is -0.455. The molecule has 0 aliphatic heterocycles. The lowest BCUT2D eigenvalue weighted by molar-refractivity contribution is 0.627. The van der Waals surface area contributed by atoms with E-state index in [1.807, 2.05) is 28.3 Å². The Labute approximate surface area is 154 Å². The third-order valence-corrected chi connectivity index (χ3v) is 4.61. The quantitative estimate of drug-likeness (QED) is 0.581. The van der Waals surface area contributed by atoms with Crippen molar-refractivity contribution in [1.29, 1.82) is 5.26 Å². The topological polar surface area (TPSA) is 97.5 Å². The molecule has 1 aromatic carbocycles. The summed E-state index contributed by atoms with van der Waals surface area (Å²) in [6, 6.07) is 8.26. The van der Waals surface area contributed by atoms with E-state index in [1.165, 1.54) is 12.1 Å². The lowest BCUT2D eigenvalue weighted by Gasteiger charge is -2.10. The number of pyridine rings is 1. The van der Waals surface area contributed by atoms with Gasteiger partial charge in [0.1, 0.15) is 17.0 Å². The Morgan fingerprint density at radius 3 is 2.81 bits per heavy atom. The van der Waals surface area contributed by atoms with Crippen molar-refractivity contribution < 1.29 is 4.39 Å². The molecule has 4 aromatic rings. The molecule has 3 aromatic heterocycles. The Morgan fingerprint density at radius 2 is 2.11 bits per heavy atom. The van der Waals surface area contributed by atoms with E-state index < -0.39 is 5.82 Å². The van der Waals surface area contributed by atoms with Gasteiger partial charge in [0.25, 0.3) is 0 Å². The molecule has 7 nitrogen and oxygen atoms in total. The molecule has 0 saturated heterocycles. The van der Waals surface area contributed by atoms with Crippen LogP contribution in [0.25, 0.3) is 33.3 Å². The van der Waals surface area contributed by atoms with Crippen molar-refractivity contribution in [3.63, 3.8) is 0 Å². The van der Waals surface area contributed by atoms with Crippen LogP contribution < -0.4 is 11.1 Å². The molecule has 0 unspecified atom stereocenters. The molecule has 3 heterocycles. The second-order valence-corrected chi connectivity index (χ2v) is 6.31. The summed E-state index contributed by atoms with van der Waals surface area (Å²) in [7, 11) is 3.72. The molecule has 0 radical (unpaired) electrons. The molecule has 3 N–H and O–H groups in total. The van der Waals surface area contributed by atoms with Gasteiger partial charge >= 0.3 is 0 Å². The lowest BCUT2D eigenvalue weighted by atomic mass is 10.1. The summed E-state index contributed by atoms with van der Waals surface area (Å²) < 4.78 is 17.9. The molecule has 0 fully saturated rings. The van der Waals surface area contributed by atoms with Crippen LogP contribution in [-0.2, 0) is 13.6 Å². The Balaban J connectivity index is 2.11. The zero-order valence-electron chi connectivity index (χ0n) is 15.0. The molecule has 0 bridgehead atoms. The van der Waals surface area contributed by atoms with Gasteiger partial charge in [-0.25, -0.2) is 14.4 Å². The van der Waals surface area contributed by atoms with Crippen LogP contribution in [0.1, 0.15) is 5.56 Å². The number of hydrogen-bond acceptors (Lipinski definition) is 5. The molecule has 0 amide bonds. The van der Waals surface area contributed by atoms with Crippen molar-refractivity contribution in [1.82, 2.24) is 19.1 Å². The number of benzene rings is 1. The molecule has 8 heteroatoms. The van der Waals surface area contributed by atoms with Gasteiger partial charge in [-0.2, -0.15) is 5.26 Å². The van der Waals surface area contributed by atoms with Gasteiger partial charge in [0.2, 0.25) is 0 Å². The first-order chi connectivity index (χ1) is 13.1. The molecule has 4 rings (SSSR count). The summed E-state index contributed by atoms with van der Waals surface area (Å²) in [6.07, 6.45) is 1.74. The molecule has 136 valence electrons. The summed E-state index contributed by atoms with van der Waals surface area (Å²) >= 11 is 0. The Kier molecular flexibility index (Phi) is 4.01. The fourth-order valence-electron chi connectivity index (χ4n) is 3.48. The van der Waals surface area contributed by atoms with Crippen LogP contribution in [0, 0.1) is 17.1 Å². The van der Waals surface area contributed by atoms with E-state index >= 15 is 0 Å². The Hall–Kier alpha value is -3.44. The highest BCUT2D eigenvalue weighted by Gasteiger charge is 2.19. The van der Waals surface area contributed by atoms with Gasteiger partial charge in [0, 0.05) is 38.1 Å². The molecular formula is C19H18FN7. The number of fused-ring (bicyclic) bond motifs is 3. The van der Waals surface area contributed by atoms with E-state index in [1.54, 1.807) is 19.4 Å². The van der Waals surface area contributed by atoms with Crippen molar-refractivity contribution >= 4 is 27.9 Å². The maximum Gasteiger partial charge on any atom is 0.156 e. The summed E-state index contributed by atoms with van der Waals surface area (Å²) in [5.41, 5.74) is 9.89. The van der Waals surface area contributed by atoms with E-state index in [2.05, 4.69) is 10.3 Å². The maximum atomic E-state index is 14.0. The van der Waals surface area contributed by atoms with Crippen molar-refractivity contribution in [2.75, 3.05) is 18.9 Å². The van der Waals surface area contributed by atoms with Crippen molar-refractivity contribution in [3.8, 4) is 17.3 Å². The summed E-state index contributed by atoms with van der Waals surface area (Å²) in [6.45, 7) is 0.911. The molecule has 0 aliphatic rings.